The number of carbonyl (C=O) groups is 2. The summed E-state index contributed by atoms with van der Waals surface area (Å²) in [5, 5.41) is 2.56. The first-order valence-electron chi connectivity index (χ1n) is 6.20. The Hall–Kier alpha value is -1.91. The Morgan fingerprint density at radius 3 is 2.47 bits per heavy atom. The summed E-state index contributed by atoms with van der Waals surface area (Å²) in [7, 11) is 0. The van der Waals surface area contributed by atoms with Crippen LogP contribution < -0.4 is 5.32 Å². The van der Waals surface area contributed by atoms with Crippen molar-refractivity contribution in [1.82, 2.24) is 4.98 Å². The number of amides is 1. The zero-order chi connectivity index (χ0) is 14.6. The second-order valence-corrected chi connectivity index (χ2v) is 5.55. The molecule has 0 spiro atoms. The van der Waals surface area contributed by atoms with Gasteiger partial charge in [0, 0.05) is 12.1 Å². The van der Waals surface area contributed by atoms with Gasteiger partial charge in [-0.2, -0.15) is 0 Å². The van der Waals surface area contributed by atoms with Crippen LogP contribution in [0.1, 0.15) is 45.1 Å². The van der Waals surface area contributed by atoms with Crippen LogP contribution in [0.25, 0.3) is 0 Å². The molecule has 1 rings (SSSR count). The number of pyridine rings is 1. The maximum atomic E-state index is 12.0. The molecule has 0 fully saturated rings. The maximum absolute atomic E-state index is 12.0. The van der Waals surface area contributed by atoms with Crippen molar-refractivity contribution in [3.8, 4) is 0 Å². The van der Waals surface area contributed by atoms with Crippen LogP contribution in [0.5, 0.6) is 0 Å². The number of aromatic nitrogens is 1. The number of rotatable bonds is 3. The van der Waals surface area contributed by atoms with E-state index in [1.165, 1.54) is 6.20 Å². The molecule has 5 heteroatoms. The average Bonchev–Trinajstić information content (AvgIpc) is 2.26. The maximum Gasteiger partial charge on any atom is 0.412 e. The molecule has 0 aliphatic carbocycles. The molecule has 0 aliphatic heterocycles. The quantitative estimate of drug-likeness (QED) is 0.851. The number of ketones is 1. The van der Waals surface area contributed by atoms with Crippen molar-refractivity contribution < 1.29 is 14.3 Å². The summed E-state index contributed by atoms with van der Waals surface area (Å²) in [5.74, 6) is -0.305. The minimum atomic E-state index is -0.599. The molecule has 104 valence electrons. The third-order valence-electron chi connectivity index (χ3n) is 2.20. The van der Waals surface area contributed by atoms with E-state index in [2.05, 4.69) is 10.3 Å². The molecule has 19 heavy (non-hydrogen) atoms. The molecule has 1 aromatic heterocycles. The zero-order valence-corrected chi connectivity index (χ0v) is 12.0. The van der Waals surface area contributed by atoms with E-state index in [0.717, 1.165) is 0 Å². The van der Waals surface area contributed by atoms with E-state index in [1.54, 1.807) is 46.8 Å². The molecule has 5 nitrogen and oxygen atoms in total. The van der Waals surface area contributed by atoms with Gasteiger partial charge >= 0.3 is 6.09 Å². The first-order valence-corrected chi connectivity index (χ1v) is 6.20. The fourth-order valence-electron chi connectivity index (χ4n) is 1.39. The zero-order valence-electron chi connectivity index (χ0n) is 12.0. The summed E-state index contributed by atoms with van der Waals surface area (Å²) in [6.07, 6.45) is 0.925. The van der Waals surface area contributed by atoms with E-state index < -0.39 is 11.7 Å². The molecule has 0 atom stereocenters. The lowest BCUT2D eigenvalue weighted by Gasteiger charge is -2.20. The Morgan fingerprint density at radius 2 is 1.95 bits per heavy atom. The lowest BCUT2D eigenvalue weighted by molar-refractivity contribution is 0.0636. The Labute approximate surface area is 113 Å². The smallest absolute Gasteiger partial charge is 0.412 e. The van der Waals surface area contributed by atoms with Gasteiger partial charge in [-0.15, -0.1) is 0 Å². The van der Waals surface area contributed by atoms with Crippen LogP contribution in [0.15, 0.2) is 18.3 Å². The Morgan fingerprint density at radius 1 is 1.32 bits per heavy atom. The van der Waals surface area contributed by atoms with Gasteiger partial charge in [-0.05, 0) is 32.9 Å². The molecule has 0 saturated heterocycles. The van der Waals surface area contributed by atoms with Gasteiger partial charge in [-0.1, -0.05) is 13.8 Å². The number of Topliss-reactive ketones (excluding diaryl/α,β-unsaturated/α-hetero) is 1. The van der Waals surface area contributed by atoms with E-state index in [0.29, 0.717) is 5.69 Å². The van der Waals surface area contributed by atoms with Crippen molar-refractivity contribution in [3.63, 3.8) is 0 Å². The highest BCUT2D eigenvalue weighted by atomic mass is 16.6. The van der Waals surface area contributed by atoms with Gasteiger partial charge in [0.1, 0.15) is 11.3 Å². The summed E-state index contributed by atoms with van der Waals surface area (Å²) in [5.41, 5.74) is 0.0351. The Bertz CT molecular complexity index is 476. The van der Waals surface area contributed by atoms with Crippen molar-refractivity contribution in [3.05, 3.63) is 24.0 Å². The Kier molecular flexibility index (Phi) is 4.64. The summed E-state index contributed by atoms with van der Waals surface area (Å²) < 4.78 is 5.15. The number of anilines is 1. The molecule has 1 amide bonds. The number of carbonyl (C=O) groups excluding carboxylic acids is 2. The predicted molar refractivity (Wildman–Crippen MR) is 73.3 cm³/mol. The van der Waals surface area contributed by atoms with Crippen LogP contribution in [0.3, 0.4) is 0 Å². The molecular formula is C14H20N2O3. The van der Waals surface area contributed by atoms with Gasteiger partial charge in [-0.3, -0.25) is 15.1 Å². The van der Waals surface area contributed by atoms with Crippen LogP contribution in [0.2, 0.25) is 0 Å². The van der Waals surface area contributed by atoms with Gasteiger partial charge in [0.25, 0.3) is 0 Å². The largest absolute Gasteiger partial charge is 0.444 e. The number of nitrogens with zero attached hydrogens (tertiary/aromatic N) is 1. The second kappa shape index (κ2) is 5.82. The third-order valence-corrected chi connectivity index (χ3v) is 2.20. The molecule has 1 heterocycles. The molecule has 0 aliphatic rings. The highest BCUT2D eigenvalue weighted by Crippen LogP contribution is 2.18. The van der Waals surface area contributed by atoms with Gasteiger partial charge in [0.15, 0.2) is 5.78 Å². The molecular weight excluding hydrogens is 244 g/mol. The van der Waals surface area contributed by atoms with Gasteiger partial charge in [-0.25, -0.2) is 4.79 Å². The van der Waals surface area contributed by atoms with Crippen molar-refractivity contribution >= 4 is 17.6 Å². The van der Waals surface area contributed by atoms with Crippen LogP contribution in [-0.4, -0.2) is 22.5 Å². The Balaban J connectivity index is 2.90. The standard InChI is InChI=1S/C14H20N2O3/c1-9(2)12(17)11-10(7-6-8-15-11)16-13(18)19-14(3,4)5/h6-9H,1-5H3,(H,16,18). The normalized spacial score (nSPS) is 11.3. The summed E-state index contributed by atoms with van der Waals surface area (Å²) in [6.45, 7) is 8.89. The number of nitrogens with one attached hydrogen (secondary N) is 1. The van der Waals surface area contributed by atoms with Gasteiger partial charge < -0.3 is 4.74 Å². The third kappa shape index (κ3) is 4.69. The van der Waals surface area contributed by atoms with Crippen molar-refractivity contribution in [2.75, 3.05) is 5.32 Å². The van der Waals surface area contributed by atoms with Crippen molar-refractivity contribution in [1.29, 1.82) is 0 Å². The van der Waals surface area contributed by atoms with Gasteiger partial charge in [0.05, 0.1) is 5.69 Å². The molecule has 0 radical (unpaired) electrons. The van der Waals surface area contributed by atoms with E-state index in [-0.39, 0.29) is 17.4 Å². The van der Waals surface area contributed by atoms with E-state index in [9.17, 15) is 9.59 Å². The van der Waals surface area contributed by atoms with E-state index >= 15 is 0 Å². The van der Waals surface area contributed by atoms with Crippen LogP contribution in [-0.2, 0) is 4.74 Å². The summed E-state index contributed by atoms with van der Waals surface area (Å²) >= 11 is 0. The van der Waals surface area contributed by atoms with Gasteiger partial charge in [0.2, 0.25) is 0 Å². The second-order valence-electron chi connectivity index (χ2n) is 5.55. The molecule has 0 unspecified atom stereocenters. The van der Waals surface area contributed by atoms with Crippen molar-refractivity contribution in [2.24, 2.45) is 5.92 Å². The van der Waals surface area contributed by atoms with Crippen LogP contribution >= 0.6 is 0 Å². The van der Waals surface area contributed by atoms with Crippen LogP contribution in [0.4, 0.5) is 10.5 Å². The summed E-state index contributed by atoms with van der Waals surface area (Å²) in [4.78, 5) is 27.7. The number of hydrogen-bond acceptors (Lipinski definition) is 4. The highest BCUT2D eigenvalue weighted by molar-refractivity contribution is 6.03. The van der Waals surface area contributed by atoms with Crippen molar-refractivity contribution in [2.45, 2.75) is 40.2 Å². The van der Waals surface area contributed by atoms with E-state index in [1.807, 2.05) is 0 Å². The minimum Gasteiger partial charge on any atom is -0.444 e. The molecule has 0 saturated carbocycles. The van der Waals surface area contributed by atoms with E-state index in [4.69, 9.17) is 4.74 Å². The lowest BCUT2D eigenvalue weighted by atomic mass is 10.0. The number of ether oxygens (including phenoxy) is 1. The molecule has 0 bridgehead atoms. The highest BCUT2D eigenvalue weighted by Gasteiger charge is 2.20. The minimum absolute atomic E-state index is 0.119. The summed E-state index contributed by atoms with van der Waals surface area (Å²) in [6, 6.07) is 3.29. The topological polar surface area (TPSA) is 68.3 Å². The average molecular weight is 264 g/mol. The molecule has 1 aromatic rings. The monoisotopic (exact) mass is 264 g/mol. The fraction of sp³-hybridized carbons (Fsp3) is 0.500. The molecule has 0 aromatic carbocycles. The molecule has 1 N–H and O–H groups in total. The first kappa shape index (κ1) is 15.1. The first-order chi connectivity index (χ1) is 8.70. The SMILES string of the molecule is CC(C)C(=O)c1ncccc1NC(=O)OC(C)(C)C. The lowest BCUT2D eigenvalue weighted by Crippen LogP contribution is -2.28. The number of hydrogen-bond donors (Lipinski definition) is 1. The van der Waals surface area contributed by atoms with Crippen LogP contribution in [0, 0.1) is 5.92 Å². The predicted octanol–water partition coefficient (Wildman–Crippen LogP) is 3.27. The fourth-order valence-corrected chi connectivity index (χ4v) is 1.39.